The van der Waals surface area contributed by atoms with Crippen LogP contribution in [0.2, 0.25) is 0 Å². The van der Waals surface area contributed by atoms with Gasteiger partial charge in [-0.05, 0) is 56.2 Å². The van der Waals surface area contributed by atoms with Crippen molar-refractivity contribution in [1.29, 1.82) is 0 Å². The van der Waals surface area contributed by atoms with E-state index in [9.17, 15) is 22.4 Å². The molecule has 0 aromatic heterocycles. The molecule has 0 spiro atoms. The Kier molecular flexibility index (Phi) is 7.76. The van der Waals surface area contributed by atoms with Crippen LogP contribution in [0.1, 0.15) is 50.6 Å². The molecule has 2 fully saturated rings. The molecule has 0 bridgehead atoms. The molecule has 1 saturated heterocycles. The average Bonchev–Trinajstić information content (AvgIpc) is 3.49. The maximum Gasteiger partial charge on any atom is 0.324 e. The van der Waals surface area contributed by atoms with Gasteiger partial charge >= 0.3 is 6.03 Å². The number of rotatable bonds is 12. The van der Waals surface area contributed by atoms with Crippen LogP contribution in [-0.2, 0) is 14.8 Å². The van der Waals surface area contributed by atoms with Gasteiger partial charge in [-0.1, -0.05) is 12.5 Å². The lowest BCUT2D eigenvalue weighted by atomic mass is 10.1. The Labute approximate surface area is 189 Å². The first-order valence-corrected chi connectivity index (χ1v) is 12.7. The molecular weight excluding hydrogens is 435 g/mol. The van der Waals surface area contributed by atoms with E-state index in [-0.39, 0.29) is 24.0 Å². The number of hydrogen-bond donors (Lipinski definition) is 1. The molecule has 32 heavy (non-hydrogen) atoms. The number of urea groups is 1. The lowest BCUT2D eigenvalue weighted by Gasteiger charge is -2.27. The minimum absolute atomic E-state index is 0.00536. The molecule has 3 amide bonds. The van der Waals surface area contributed by atoms with E-state index in [1.807, 2.05) is 11.9 Å². The summed E-state index contributed by atoms with van der Waals surface area (Å²) < 4.78 is 41.4. The Bertz CT molecular complexity index is 951. The largest absolute Gasteiger partial charge is 0.372 e. The van der Waals surface area contributed by atoms with E-state index in [0.29, 0.717) is 37.4 Å². The van der Waals surface area contributed by atoms with E-state index in [1.54, 1.807) is 26.1 Å². The molecule has 0 radical (unpaired) electrons. The van der Waals surface area contributed by atoms with Crippen molar-refractivity contribution < 1.29 is 22.4 Å². The monoisotopic (exact) mass is 468 g/mol. The summed E-state index contributed by atoms with van der Waals surface area (Å²) in [5.41, 5.74) is 1.25. The van der Waals surface area contributed by atoms with E-state index in [4.69, 9.17) is 0 Å². The number of unbranched alkanes of at least 4 members (excludes halogenated alkanes) is 2. The second kappa shape index (κ2) is 10.2. The van der Waals surface area contributed by atoms with Crippen molar-refractivity contribution in [2.24, 2.45) is 5.92 Å². The van der Waals surface area contributed by atoms with Gasteiger partial charge in [0.05, 0.1) is 11.4 Å². The molecule has 3 rings (SSSR count). The summed E-state index contributed by atoms with van der Waals surface area (Å²) >= 11 is 0. The highest BCUT2D eigenvalue weighted by Gasteiger charge is 2.28. The van der Waals surface area contributed by atoms with Crippen molar-refractivity contribution in [1.82, 2.24) is 14.5 Å². The van der Waals surface area contributed by atoms with E-state index < -0.39 is 22.1 Å². The molecule has 1 aromatic rings. The molecule has 1 aromatic carbocycles. The summed E-state index contributed by atoms with van der Waals surface area (Å²) in [5.74, 6) is -0.00282. The number of carbonyl (C=O) groups is 2. The van der Waals surface area contributed by atoms with Crippen LogP contribution in [0.3, 0.4) is 0 Å². The summed E-state index contributed by atoms with van der Waals surface area (Å²) in [4.78, 5) is 26.0. The summed E-state index contributed by atoms with van der Waals surface area (Å²) in [6, 6.07) is 3.98. The molecule has 1 saturated carbocycles. The van der Waals surface area contributed by atoms with Crippen LogP contribution in [-0.4, -0.2) is 69.0 Å². The Morgan fingerprint density at radius 1 is 1.19 bits per heavy atom. The number of carbonyl (C=O) groups excluding carboxylic acids is 2. The Balaban J connectivity index is 1.51. The SMILES string of the molecule is C[C@H](c1ccc(F)c(N(C)CC2CC2)c1)N(C)S(=O)(=O)CCCCCN1CC(=O)NC1=O. The van der Waals surface area contributed by atoms with Gasteiger partial charge in [0.25, 0.3) is 0 Å². The number of imide groups is 1. The second-order valence-electron chi connectivity index (χ2n) is 8.88. The maximum absolute atomic E-state index is 14.4. The van der Waals surface area contributed by atoms with E-state index >= 15 is 0 Å². The number of amides is 3. The Hall–Kier alpha value is -2.20. The quantitative estimate of drug-likeness (QED) is 0.376. The highest BCUT2D eigenvalue weighted by Crippen LogP contribution is 2.33. The molecular formula is C22H33FN4O4S. The van der Waals surface area contributed by atoms with Gasteiger partial charge in [-0.2, -0.15) is 4.31 Å². The molecule has 1 heterocycles. The van der Waals surface area contributed by atoms with Gasteiger partial charge in [0.1, 0.15) is 12.4 Å². The van der Waals surface area contributed by atoms with Crippen LogP contribution in [0.4, 0.5) is 14.9 Å². The van der Waals surface area contributed by atoms with Crippen LogP contribution >= 0.6 is 0 Å². The molecule has 1 aliphatic carbocycles. The van der Waals surface area contributed by atoms with Crippen molar-refractivity contribution in [2.75, 3.05) is 44.4 Å². The number of nitrogens with zero attached hydrogens (tertiary/aromatic N) is 3. The van der Waals surface area contributed by atoms with Crippen LogP contribution in [0.5, 0.6) is 0 Å². The van der Waals surface area contributed by atoms with Gasteiger partial charge in [-0.25, -0.2) is 17.6 Å². The molecule has 8 nitrogen and oxygen atoms in total. The Morgan fingerprint density at radius 2 is 1.91 bits per heavy atom. The fourth-order valence-electron chi connectivity index (χ4n) is 3.89. The number of benzene rings is 1. The third-order valence-electron chi connectivity index (χ3n) is 6.28. The van der Waals surface area contributed by atoms with Crippen LogP contribution in [0, 0.1) is 11.7 Å². The van der Waals surface area contributed by atoms with Gasteiger partial charge in [0.2, 0.25) is 15.9 Å². The van der Waals surface area contributed by atoms with E-state index in [1.165, 1.54) is 28.1 Å². The fourth-order valence-corrected chi connectivity index (χ4v) is 5.35. The van der Waals surface area contributed by atoms with Gasteiger partial charge in [0.15, 0.2) is 0 Å². The van der Waals surface area contributed by atoms with E-state index in [2.05, 4.69) is 5.32 Å². The molecule has 178 valence electrons. The summed E-state index contributed by atoms with van der Waals surface area (Å²) in [7, 11) is -0.0789. The average molecular weight is 469 g/mol. The molecule has 1 atom stereocenters. The lowest BCUT2D eigenvalue weighted by Crippen LogP contribution is -2.32. The van der Waals surface area contributed by atoms with Crippen molar-refractivity contribution in [3.05, 3.63) is 29.6 Å². The van der Waals surface area contributed by atoms with Crippen LogP contribution < -0.4 is 10.2 Å². The molecule has 10 heteroatoms. The van der Waals surface area contributed by atoms with E-state index in [0.717, 1.165) is 12.1 Å². The predicted octanol–water partition coefficient (Wildman–Crippen LogP) is 2.72. The molecule has 2 aliphatic rings. The standard InChI is InChI=1S/C22H33FN4O4S/c1-16(18-9-10-19(23)20(13-18)25(2)14-17-7-8-17)26(3)32(30,31)12-6-4-5-11-27-15-21(28)24-22(27)29/h9-10,13,16-17H,4-8,11-12,14-15H2,1-3H3,(H,24,28,29)/t16-/m1/s1. The highest BCUT2D eigenvalue weighted by atomic mass is 32.2. The number of anilines is 1. The lowest BCUT2D eigenvalue weighted by molar-refractivity contribution is -0.118. The first kappa shape index (κ1) is 24.4. The molecule has 0 unspecified atom stereocenters. The Morgan fingerprint density at radius 3 is 2.53 bits per heavy atom. The van der Waals surface area contributed by atoms with Gasteiger partial charge < -0.3 is 9.80 Å². The highest BCUT2D eigenvalue weighted by molar-refractivity contribution is 7.89. The third-order valence-corrected chi connectivity index (χ3v) is 8.27. The molecule has 1 aliphatic heterocycles. The topological polar surface area (TPSA) is 90.0 Å². The zero-order valence-electron chi connectivity index (χ0n) is 19.0. The van der Waals surface area contributed by atoms with Gasteiger partial charge in [-0.15, -0.1) is 0 Å². The smallest absolute Gasteiger partial charge is 0.324 e. The van der Waals surface area contributed by atoms with Crippen molar-refractivity contribution in [3.8, 4) is 0 Å². The second-order valence-corrected chi connectivity index (χ2v) is 11.0. The van der Waals surface area contributed by atoms with Crippen LogP contribution in [0.15, 0.2) is 18.2 Å². The number of hydrogen-bond acceptors (Lipinski definition) is 5. The first-order chi connectivity index (χ1) is 15.1. The first-order valence-electron chi connectivity index (χ1n) is 11.1. The molecule has 1 N–H and O–H groups in total. The predicted molar refractivity (Wildman–Crippen MR) is 121 cm³/mol. The zero-order valence-corrected chi connectivity index (χ0v) is 19.8. The third kappa shape index (κ3) is 6.19. The maximum atomic E-state index is 14.4. The van der Waals surface area contributed by atoms with Gasteiger partial charge in [-0.3, -0.25) is 10.1 Å². The summed E-state index contributed by atoms with van der Waals surface area (Å²) in [6.45, 7) is 3.10. The minimum Gasteiger partial charge on any atom is -0.372 e. The number of halogens is 1. The minimum atomic E-state index is -3.50. The normalized spacial score (nSPS) is 17.7. The number of sulfonamides is 1. The zero-order chi connectivity index (χ0) is 23.5. The summed E-state index contributed by atoms with van der Waals surface area (Å²) in [6.07, 6.45) is 4.07. The fraction of sp³-hybridized carbons (Fsp3) is 0.636. The summed E-state index contributed by atoms with van der Waals surface area (Å²) in [5, 5.41) is 2.22. The van der Waals surface area contributed by atoms with Crippen molar-refractivity contribution in [2.45, 2.75) is 45.1 Å². The van der Waals surface area contributed by atoms with Gasteiger partial charge in [0, 0.05) is 33.2 Å². The van der Waals surface area contributed by atoms with Crippen LogP contribution in [0.25, 0.3) is 0 Å². The van der Waals surface area contributed by atoms with Crippen molar-refractivity contribution in [3.63, 3.8) is 0 Å². The number of nitrogens with one attached hydrogen (secondary N) is 1. The van der Waals surface area contributed by atoms with Crippen molar-refractivity contribution >= 4 is 27.6 Å².